The highest BCUT2D eigenvalue weighted by Crippen LogP contribution is 2.24. The second kappa shape index (κ2) is 7.82. The van der Waals surface area contributed by atoms with Crippen molar-refractivity contribution in [2.45, 2.75) is 5.16 Å². The molecular formula is C17H14Cl2N4OS. The van der Waals surface area contributed by atoms with Gasteiger partial charge in [-0.25, -0.2) is 9.66 Å². The summed E-state index contributed by atoms with van der Waals surface area (Å²) in [5.41, 5.74) is 2.27. The van der Waals surface area contributed by atoms with Gasteiger partial charge in [0.25, 0.3) is 0 Å². The summed E-state index contributed by atoms with van der Waals surface area (Å²) in [5, 5.41) is 4.22. The van der Waals surface area contributed by atoms with Crippen LogP contribution >= 0.6 is 35.0 Å². The van der Waals surface area contributed by atoms with Crippen LogP contribution in [0.4, 0.5) is 5.69 Å². The van der Waals surface area contributed by atoms with Gasteiger partial charge in [-0.05, 0) is 18.2 Å². The third-order valence-corrected chi connectivity index (χ3v) is 4.65. The smallest absolute Gasteiger partial charge is 0.234 e. The van der Waals surface area contributed by atoms with Gasteiger partial charge in [-0.3, -0.25) is 4.79 Å². The molecule has 0 fully saturated rings. The Morgan fingerprint density at radius 2 is 1.84 bits per heavy atom. The monoisotopic (exact) mass is 392 g/mol. The highest BCUT2D eigenvalue weighted by atomic mass is 35.5. The largest absolute Gasteiger partial charge is 0.337 e. The molecule has 1 amide bonds. The molecule has 0 saturated carbocycles. The fourth-order valence-electron chi connectivity index (χ4n) is 2.18. The molecular weight excluding hydrogens is 379 g/mol. The molecule has 2 aromatic carbocycles. The number of thioether (sulfide) groups is 1. The van der Waals surface area contributed by atoms with Gasteiger partial charge >= 0.3 is 0 Å². The van der Waals surface area contributed by atoms with Crippen molar-refractivity contribution < 1.29 is 4.79 Å². The zero-order chi connectivity index (χ0) is 17.8. The minimum atomic E-state index is -0.201. The molecule has 0 aliphatic carbocycles. The van der Waals surface area contributed by atoms with E-state index in [9.17, 15) is 4.79 Å². The Balaban J connectivity index is 1.63. The van der Waals surface area contributed by atoms with Gasteiger partial charge in [0.05, 0.1) is 17.6 Å². The minimum absolute atomic E-state index is 0.159. The number of nitrogens with one attached hydrogen (secondary N) is 1. The molecule has 3 aromatic rings. The van der Waals surface area contributed by atoms with Crippen LogP contribution in [-0.2, 0) is 4.79 Å². The molecule has 0 aliphatic heterocycles. The number of halogens is 2. The summed E-state index contributed by atoms with van der Waals surface area (Å²) >= 11 is 13.1. The Kier molecular flexibility index (Phi) is 5.53. The molecule has 0 aliphatic rings. The number of nitrogen functional groups attached to an aromatic ring is 1. The molecule has 3 rings (SSSR count). The number of hydrogen-bond donors (Lipinski definition) is 2. The van der Waals surface area contributed by atoms with Gasteiger partial charge in [-0.15, -0.1) is 0 Å². The topological polar surface area (TPSA) is 72.9 Å². The second-order valence-electron chi connectivity index (χ2n) is 5.18. The van der Waals surface area contributed by atoms with Crippen LogP contribution in [0.5, 0.6) is 0 Å². The molecule has 8 heteroatoms. The first-order valence-electron chi connectivity index (χ1n) is 7.30. The number of amides is 1. The summed E-state index contributed by atoms with van der Waals surface area (Å²) in [6.07, 6.45) is 1.73. The molecule has 3 N–H and O–H groups in total. The predicted molar refractivity (Wildman–Crippen MR) is 104 cm³/mol. The van der Waals surface area contributed by atoms with Crippen LogP contribution in [0.1, 0.15) is 0 Å². The number of benzene rings is 2. The first-order chi connectivity index (χ1) is 12.0. The number of imidazole rings is 1. The fourth-order valence-corrected chi connectivity index (χ4v) is 3.41. The van der Waals surface area contributed by atoms with Gasteiger partial charge in [-0.1, -0.05) is 65.3 Å². The lowest BCUT2D eigenvalue weighted by molar-refractivity contribution is -0.113. The van der Waals surface area contributed by atoms with Crippen molar-refractivity contribution in [3.63, 3.8) is 0 Å². The van der Waals surface area contributed by atoms with E-state index in [1.165, 1.54) is 16.4 Å². The predicted octanol–water partition coefficient (Wildman–Crippen LogP) is 4.30. The molecule has 0 radical (unpaired) electrons. The zero-order valence-corrected chi connectivity index (χ0v) is 15.3. The van der Waals surface area contributed by atoms with E-state index in [1.807, 2.05) is 30.3 Å². The number of rotatable bonds is 5. The summed E-state index contributed by atoms with van der Waals surface area (Å²) in [6, 6.07) is 14.6. The molecule has 1 aromatic heterocycles. The van der Waals surface area contributed by atoms with E-state index in [-0.39, 0.29) is 11.7 Å². The van der Waals surface area contributed by atoms with Gasteiger partial charge in [0.1, 0.15) is 0 Å². The van der Waals surface area contributed by atoms with Gasteiger partial charge < -0.3 is 11.2 Å². The van der Waals surface area contributed by atoms with Crippen molar-refractivity contribution in [1.82, 2.24) is 9.66 Å². The van der Waals surface area contributed by atoms with Crippen molar-refractivity contribution >= 4 is 46.6 Å². The molecule has 128 valence electrons. The highest BCUT2D eigenvalue weighted by molar-refractivity contribution is 7.99. The molecule has 25 heavy (non-hydrogen) atoms. The lowest BCUT2D eigenvalue weighted by Crippen LogP contribution is -2.15. The van der Waals surface area contributed by atoms with E-state index in [0.29, 0.717) is 20.9 Å². The van der Waals surface area contributed by atoms with Crippen molar-refractivity contribution in [1.29, 1.82) is 0 Å². The average Bonchev–Trinajstić information content (AvgIpc) is 2.94. The molecule has 0 bridgehead atoms. The maximum Gasteiger partial charge on any atom is 0.234 e. The van der Waals surface area contributed by atoms with Crippen LogP contribution in [-0.4, -0.2) is 21.3 Å². The number of anilines is 1. The maximum absolute atomic E-state index is 12.1. The fraction of sp³-hybridized carbons (Fsp3) is 0.0588. The lowest BCUT2D eigenvalue weighted by Gasteiger charge is -2.06. The molecule has 5 nitrogen and oxygen atoms in total. The molecule has 0 saturated heterocycles. The summed E-state index contributed by atoms with van der Waals surface area (Å²) in [6.45, 7) is 0. The first-order valence-corrected chi connectivity index (χ1v) is 9.04. The zero-order valence-electron chi connectivity index (χ0n) is 12.9. The number of nitrogens with two attached hydrogens (primary N) is 1. The summed E-state index contributed by atoms with van der Waals surface area (Å²) < 4.78 is 1.41. The van der Waals surface area contributed by atoms with E-state index in [4.69, 9.17) is 29.0 Å². The van der Waals surface area contributed by atoms with Gasteiger partial charge in [0, 0.05) is 21.3 Å². The molecule has 0 unspecified atom stereocenters. The van der Waals surface area contributed by atoms with Crippen molar-refractivity contribution in [3.05, 3.63) is 64.8 Å². The molecule has 1 heterocycles. The van der Waals surface area contributed by atoms with Crippen LogP contribution in [0.3, 0.4) is 0 Å². The SMILES string of the molecule is Nn1cc(-c2ccccc2)nc1SCC(=O)Nc1cc(Cl)cc(Cl)c1. The second-order valence-corrected chi connectivity index (χ2v) is 6.99. The van der Waals surface area contributed by atoms with Crippen LogP contribution < -0.4 is 11.2 Å². The number of hydrogen-bond acceptors (Lipinski definition) is 4. The molecule has 0 spiro atoms. The summed E-state index contributed by atoms with van der Waals surface area (Å²) in [7, 11) is 0. The van der Waals surface area contributed by atoms with Crippen molar-refractivity contribution in [3.8, 4) is 11.3 Å². The minimum Gasteiger partial charge on any atom is -0.337 e. The third-order valence-electron chi connectivity index (χ3n) is 3.25. The number of nitrogens with zero attached hydrogens (tertiary/aromatic N) is 2. The molecule has 0 atom stereocenters. The van der Waals surface area contributed by atoms with E-state index < -0.39 is 0 Å². The summed E-state index contributed by atoms with van der Waals surface area (Å²) in [4.78, 5) is 16.6. The standard InChI is InChI=1S/C17H14Cl2N4OS/c18-12-6-13(19)8-14(7-12)21-16(24)10-25-17-22-15(9-23(17)20)11-4-2-1-3-5-11/h1-9H,10,20H2,(H,21,24). The Labute approximate surface area is 159 Å². The third kappa shape index (κ3) is 4.69. The lowest BCUT2D eigenvalue weighted by atomic mass is 10.2. The maximum atomic E-state index is 12.1. The quantitative estimate of drug-likeness (QED) is 0.501. The Morgan fingerprint density at radius 1 is 1.16 bits per heavy atom. The number of carbonyl (C=O) groups excluding carboxylic acids is 1. The first kappa shape index (κ1) is 17.7. The Hall–Kier alpha value is -2.15. The van der Waals surface area contributed by atoms with Gasteiger partial charge in [0.2, 0.25) is 5.91 Å². The van der Waals surface area contributed by atoms with E-state index >= 15 is 0 Å². The van der Waals surface area contributed by atoms with Crippen molar-refractivity contribution in [2.75, 3.05) is 16.9 Å². The average molecular weight is 393 g/mol. The van der Waals surface area contributed by atoms with Gasteiger partial charge in [0.15, 0.2) is 5.16 Å². The summed E-state index contributed by atoms with van der Waals surface area (Å²) in [5.74, 6) is 5.88. The Bertz CT molecular complexity index is 879. The van der Waals surface area contributed by atoms with Crippen LogP contribution in [0.25, 0.3) is 11.3 Å². The number of carbonyl (C=O) groups is 1. The Morgan fingerprint density at radius 3 is 2.52 bits per heavy atom. The van der Waals surface area contributed by atoms with E-state index in [2.05, 4.69) is 10.3 Å². The van der Waals surface area contributed by atoms with Gasteiger partial charge in [-0.2, -0.15) is 0 Å². The van der Waals surface area contributed by atoms with E-state index in [1.54, 1.807) is 24.4 Å². The van der Waals surface area contributed by atoms with Crippen LogP contribution in [0.15, 0.2) is 59.9 Å². The van der Waals surface area contributed by atoms with E-state index in [0.717, 1.165) is 11.3 Å². The highest BCUT2D eigenvalue weighted by Gasteiger charge is 2.11. The van der Waals surface area contributed by atoms with Crippen molar-refractivity contribution in [2.24, 2.45) is 0 Å². The number of aromatic nitrogens is 2. The normalized spacial score (nSPS) is 10.6. The van der Waals surface area contributed by atoms with Crippen LogP contribution in [0, 0.1) is 0 Å². The van der Waals surface area contributed by atoms with Crippen LogP contribution in [0.2, 0.25) is 10.0 Å².